The maximum atomic E-state index is 15.3. The molecule has 0 N–H and O–H groups in total. The first-order chi connectivity index (χ1) is 24.2. The van der Waals surface area contributed by atoms with E-state index < -0.39 is 115 Å². The molecule has 1 atom stereocenters. The zero-order valence-electron chi connectivity index (χ0n) is 27.3. The standard InChI is InChI=1S/C34H30F9N3O5S/c1-21(47)45-13-10-30(19-44,11-14-45)29(48)46-15-12-31(20-46,52(49,50)23-8-6-22(35)7-9-23)25-4-2-3-5-26(25)32(33(38,39)40,34(41,42)43)16-24-27(36)17-51-18-28(24)37/h2-9,17H,10-16,18,20H2,1H3/t31-/m0/s1. The third-order valence-electron chi connectivity index (χ3n) is 10.1. The summed E-state index contributed by atoms with van der Waals surface area (Å²) in [5, 5.41) is 10.2. The summed E-state index contributed by atoms with van der Waals surface area (Å²) in [6.07, 6.45) is -16.1. The number of hydrogen-bond donors (Lipinski definition) is 0. The van der Waals surface area contributed by atoms with Gasteiger partial charge in [0.1, 0.15) is 34.7 Å². The Balaban J connectivity index is 1.76. The molecule has 2 aromatic rings. The number of carbonyl (C=O) groups is 2. The third kappa shape index (κ3) is 6.20. The number of allylic oxidation sites excluding steroid dienone is 2. The van der Waals surface area contributed by atoms with Gasteiger partial charge in [0, 0.05) is 45.1 Å². The smallest absolute Gasteiger partial charge is 0.407 e. The number of likely N-dealkylation sites (tertiary alicyclic amines) is 2. The second-order valence-corrected chi connectivity index (χ2v) is 15.2. The Morgan fingerprint density at radius 1 is 0.885 bits per heavy atom. The summed E-state index contributed by atoms with van der Waals surface area (Å²) >= 11 is 0. The zero-order chi connectivity index (χ0) is 38.5. The second kappa shape index (κ2) is 13.5. The molecule has 2 aromatic carbocycles. The highest BCUT2D eigenvalue weighted by Crippen LogP contribution is 2.60. The predicted octanol–water partition coefficient (Wildman–Crippen LogP) is 6.70. The minimum atomic E-state index is -6.36. The summed E-state index contributed by atoms with van der Waals surface area (Å²) in [6, 6.07) is 7.70. The lowest BCUT2D eigenvalue weighted by molar-refractivity contribution is -0.303. The van der Waals surface area contributed by atoms with Crippen molar-refractivity contribution in [3.05, 3.63) is 89.0 Å². The van der Waals surface area contributed by atoms with Crippen LogP contribution in [0.2, 0.25) is 0 Å². The normalized spacial score (nSPS) is 21.4. The van der Waals surface area contributed by atoms with Gasteiger partial charge in [-0.05, 0) is 54.7 Å². The fourth-order valence-electron chi connectivity index (χ4n) is 7.19. The molecule has 0 radical (unpaired) electrons. The number of alkyl halides is 6. The molecular weight excluding hydrogens is 733 g/mol. The molecule has 8 nitrogen and oxygen atoms in total. The summed E-state index contributed by atoms with van der Waals surface area (Å²) in [5.74, 6) is -5.81. The lowest BCUT2D eigenvalue weighted by atomic mass is 9.69. The molecule has 0 spiro atoms. The first-order valence-electron chi connectivity index (χ1n) is 15.7. The van der Waals surface area contributed by atoms with Crippen LogP contribution < -0.4 is 0 Å². The van der Waals surface area contributed by atoms with Crippen LogP contribution in [-0.2, 0) is 34.3 Å². The Morgan fingerprint density at radius 3 is 2.00 bits per heavy atom. The molecule has 0 aliphatic carbocycles. The first-order valence-corrected chi connectivity index (χ1v) is 17.2. The van der Waals surface area contributed by atoms with Gasteiger partial charge in [0.15, 0.2) is 21.1 Å². The Morgan fingerprint density at radius 2 is 1.46 bits per heavy atom. The number of amides is 2. The van der Waals surface area contributed by atoms with Gasteiger partial charge in [-0.25, -0.2) is 21.6 Å². The molecule has 280 valence electrons. The van der Waals surface area contributed by atoms with Crippen molar-refractivity contribution in [1.82, 2.24) is 9.80 Å². The molecule has 18 heteroatoms. The number of ether oxygens (including phenoxy) is 1. The van der Waals surface area contributed by atoms with E-state index in [1.807, 2.05) is 6.07 Å². The first kappa shape index (κ1) is 38.7. The minimum Gasteiger partial charge on any atom is -0.491 e. The van der Waals surface area contributed by atoms with Crippen LogP contribution in [0.25, 0.3) is 0 Å². The van der Waals surface area contributed by atoms with E-state index in [0.29, 0.717) is 24.3 Å². The maximum absolute atomic E-state index is 15.3. The number of carbonyl (C=O) groups excluding carboxylic acids is 2. The van der Waals surface area contributed by atoms with E-state index >= 15 is 26.3 Å². The van der Waals surface area contributed by atoms with Crippen LogP contribution in [0.3, 0.4) is 0 Å². The third-order valence-corrected chi connectivity index (χ3v) is 12.6. The predicted molar refractivity (Wildman–Crippen MR) is 164 cm³/mol. The molecule has 3 aliphatic rings. The Kier molecular flexibility index (Phi) is 10.0. The van der Waals surface area contributed by atoms with E-state index in [1.165, 1.54) is 11.8 Å². The van der Waals surface area contributed by atoms with E-state index in [1.54, 1.807) is 0 Å². The van der Waals surface area contributed by atoms with Gasteiger partial charge in [0.25, 0.3) is 0 Å². The fraction of sp³-hybridized carbons (Fsp3) is 0.441. The highest BCUT2D eigenvalue weighted by atomic mass is 32.2. The summed E-state index contributed by atoms with van der Waals surface area (Å²) in [6.45, 7) is -1.58. The van der Waals surface area contributed by atoms with Gasteiger partial charge in [-0.1, -0.05) is 24.3 Å². The molecule has 2 fully saturated rings. The molecule has 0 unspecified atom stereocenters. The van der Waals surface area contributed by atoms with Crippen molar-refractivity contribution in [2.24, 2.45) is 5.41 Å². The van der Waals surface area contributed by atoms with Crippen LogP contribution in [0.15, 0.2) is 76.9 Å². The lowest BCUT2D eigenvalue weighted by Gasteiger charge is -2.42. The van der Waals surface area contributed by atoms with Crippen molar-refractivity contribution >= 4 is 21.7 Å². The van der Waals surface area contributed by atoms with Gasteiger partial charge in [-0.15, -0.1) is 0 Å². The fourth-order valence-corrected chi connectivity index (χ4v) is 9.29. The Bertz CT molecular complexity index is 1950. The van der Waals surface area contributed by atoms with Gasteiger partial charge in [-0.3, -0.25) is 9.59 Å². The van der Waals surface area contributed by atoms with E-state index in [-0.39, 0.29) is 38.1 Å². The van der Waals surface area contributed by atoms with Crippen molar-refractivity contribution in [3.63, 3.8) is 0 Å². The second-order valence-electron chi connectivity index (χ2n) is 12.9. The Hall–Kier alpha value is -4.53. The number of hydrogen-bond acceptors (Lipinski definition) is 6. The molecule has 0 aromatic heterocycles. The summed E-state index contributed by atoms with van der Waals surface area (Å²) in [4.78, 5) is 27.5. The van der Waals surface area contributed by atoms with Crippen LogP contribution in [0.1, 0.15) is 43.7 Å². The van der Waals surface area contributed by atoms with Crippen molar-refractivity contribution < 1.29 is 62.3 Å². The Labute approximate surface area is 292 Å². The van der Waals surface area contributed by atoms with Crippen molar-refractivity contribution in [2.45, 2.75) is 60.0 Å². The van der Waals surface area contributed by atoms with Crippen LogP contribution in [0.4, 0.5) is 39.5 Å². The van der Waals surface area contributed by atoms with Gasteiger partial charge in [0.05, 0.1) is 11.0 Å². The molecule has 3 heterocycles. The van der Waals surface area contributed by atoms with Crippen molar-refractivity contribution in [2.75, 3.05) is 32.8 Å². The van der Waals surface area contributed by atoms with Gasteiger partial charge < -0.3 is 14.5 Å². The van der Waals surface area contributed by atoms with E-state index in [2.05, 4.69) is 4.74 Å². The number of rotatable bonds is 7. The van der Waals surface area contributed by atoms with Crippen LogP contribution >= 0.6 is 0 Å². The average molecular weight is 764 g/mol. The number of sulfone groups is 1. The largest absolute Gasteiger partial charge is 0.491 e. The van der Waals surface area contributed by atoms with Gasteiger partial charge in [-0.2, -0.15) is 31.6 Å². The van der Waals surface area contributed by atoms with Crippen molar-refractivity contribution in [1.29, 1.82) is 5.26 Å². The topological polar surface area (TPSA) is 108 Å². The van der Waals surface area contributed by atoms with Crippen LogP contribution in [-0.4, -0.2) is 75.2 Å². The number of halogens is 9. The van der Waals surface area contributed by atoms with E-state index in [4.69, 9.17) is 0 Å². The molecular formula is C34H30F9N3O5S. The quantitative estimate of drug-likeness (QED) is 0.230. The van der Waals surface area contributed by atoms with Crippen LogP contribution in [0.5, 0.6) is 0 Å². The molecule has 52 heavy (non-hydrogen) atoms. The SMILES string of the molecule is CC(=O)N1CCC(C#N)(C(=O)N2CC[C@](c3ccccc3C(CC3=C(F)COC=C3F)(C(F)(F)F)C(F)(F)F)(S(=O)(=O)c3ccc(F)cc3)C2)CC1. The van der Waals surface area contributed by atoms with Gasteiger partial charge in [0.2, 0.25) is 11.8 Å². The maximum Gasteiger partial charge on any atom is 0.407 e. The molecule has 0 bridgehead atoms. The number of nitrogens with zero attached hydrogens (tertiary/aromatic N) is 3. The molecule has 5 rings (SSSR count). The van der Waals surface area contributed by atoms with Gasteiger partial charge >= 0.3 is 12.4 Å². The summed E-state index contributed by atoms with van der Waals surface area (Å²) in [5.41, 5.74) is -11.3. The summed E-state index contributed by atoms with van der Waals surface area (Å²) in [7, 11) is -5.16. The van der Waals surface area contributed by atoms with E-state index in [9.17, 15) is 36.4 Å². The minimum absolute atomic E-state index is 0.0352. The zero-order valence-corrected chi connectivity index (χ0v) is 28.1. The lowest BCUT2D eigenvalue weighted by Crippen LogP contribution is -2.56. The highest BCUT2D eigenvalue weighted by Gasteiger charge is 2.73. The molecule has 2 saturated heterocycles. The van der Waals surface area contributed by atoms with Crippen molar-refractivity contribution in [3.8, 4) is 6.07 Å². The van der Waals surface area contributed by atoms with E-state index in [0.717, 1.165) is 29.2 Å². The molecule has 2 amide bonds. The average Bonchev–Trinajstić information content (AvgIpc) is 3.54. The molecule has 3 aliphatic heterocycles. The monoisotopic (exact) mass is 763 g/mol. The van der Waals surface area contributed by atoms with Crippen LogP contribution in [0, 0.1) is 22.6 Å². The number of benzene rings is 2. The number of piperidine rings is 1. The molecule has 0 saturated carbocycles. The number of nitriles is 1. The summed E-state index contributed by atoms with van der Waals surface area (Å²) < 4.78 is 166. The highest BCUT2D eigenvalue weighted by molar-refractivity contribution is 7.92.